The second-order valence-electron chi connectivity index (χ2n) is 6.68. The lowest BCUT2D eigenvalue weighted by molar-refractivity contribution is -0.925. The van der Waals surface area contributed by atoms with Crippen molar-refractivity contribution in [2.45, 2.75) is 26.4 Å². The number of hydrogen-bond acceptors (Lipinski definition) is 2. The Morgan fingerprint density at radius 2 is 1.70 bits per heavy atom. The Hall–Kier alpha value is -2.54. The Morgan fingerprint density at radius 1 is 1.07 bits per heavy atom. The Balaban J connectivity index is 2.08. The molecule has 2 aromatic carbocycles. The standard InChI is InChI=1S/C20H24F3N3O/c1-5-26(12-14-6-8-15(9-7-14)25(3)4)13(2)20(27)24-17-11-10-16(21)18(22)19(17)23/h6-11,13H,5,12H2,1-4H3,(H,24,27)/p+1/t13-/m0/s1. The fraction of sp³-hybridized carbons (Fsp3) is 0.350. The van der Waals surface area contributed by atoms with Crippen LogP contribution >= 0.6 is 0 Å². The first kappa shape index (κ1) is 20.8. The van der Waals surface area contributed by atoms with Crippen LogP contribution in [-0.2, 0) is 11.3 Å². The van der Waals surface area contributed by atoms with E-state index in [1.807, 2.05) is 50.2 Å². The third kappa shape index (κ3) is 5.01. The van der Waals surface area contributed by atoms with Gasteiger partial charge in [0.2, 0.25) is 0 Å². The van der Waals surface area contributed by atoms with Gasteiger partial charge in [-0.1, -0.05) is 12.1 Å². The largest absolute Gasteiger partial charge is 0.378 e. The number of amides is 1. The van der Waals surface area contributed by atoms with Crippen molar-refractivity contribution in [3.63, 3.8) is 0 Å². The van der Waals surface area contributed by atoms with E-state index < -0.39 is 29.4 Å². The van der Waals surface area contributed by atoms with Gasteiger partial charge in [-0.15, -0.1) is 0 Å². The van der Waals surface area contributed by atoms with Gasteiger partial charge in [0.1, 0.15) is 6.54 Å². The number of likely N-dealkylation sites (N-methyl/N-ethyl adjacent to an activating group) is 1. The van der Waals surface area contributed by atoms with Gasteiger partial charge in [0.25, 0.3) is 5.91 Å². The van der Waals surface area contributed by atoms with E-state index in [0.717, 1.165) is 28.3 Å². The van der Waals surface area contributed by atoms with E-state index in [1.54, 1.807) is 6.92 Å². The molecule has 0 saturated heterocycles. The highest BCUT2D eigenvalue weighted by Gasteiger charge is 2.26. The number of carbonyl (C=O) groups excluding carboxylic acids is 1. The van der Waals surface area contributed by atoms with Crippen molar-refractivity contribution in [1.82, 2.24) is 0 Å². The molecule has 1 unspecified atom stereocenters. The summed E-state index contributed by atoms with van der Waals surface area (Å²) in [5.41, 5.74) is 1.78. The van der Waals surface area contributed by atoms with Crippen molar-refractivity contribution in [2.75, 3.05) is 30.9 Å². The van der Waals surface area contributed by atoms with Gasteiger partial charge < -0.3 is 15.1 Å². The third-order valence-electron chi connectivity index (χ3n) is 4.64. The zero-order chi connectivity index (χ0) is 20.1. The van der Waals surface area contributed by atoms with E-state index in [0.29, 0.717) is 13.1 Å². The second kappa shape index (κ2) is 8.90. The van der Waals surface area contributed by atoms with Gasteiger partial charge in [-0.25, -0.2) is 13.2 Å². The summed E-state index contributed by atoms with van der Waals surface area (Å²) in [4.78, 5) is 15.4. The van der Waals surface area contributed by atoms with Gasteiger partial charge in [0, 0.05) is 25.3 Å². The van der Waals surface area contributed by atoms with Crippen molar-refractivity contribution < 1.29 is 22.9 Å². The molecule has 7 heteroatoms. The Labute approximate surface area is 157 Å². The Morgan fingerprint density at radius 3 is 2.26 bits per heavy atom. The van der Waals surface area contributed by atoms with Crippen molar-refractivity contribution in [3.05, 3.63) is 59.4 Å². The van der Waals surface area contributed by atoms with Crippen LogP contribution in [0, 0.1) is 17.5 Å². The number of rotatable bonds is 7. The first-order chi connectivity index (χ1) is 12.7. The van der Waals surface area contributed by atoms with Gasteiger partial charge in [-0.3, -0.25) is 4.79 Å². The van der Waals surface area contributed by atoms with Crippen LogP contribution < -0.4 is 15.1 Å². The Kier molecular flexibility index (Phi) is 6.85. The smallest absolute Gasteiger partial charge is 0.282 e. The van der Waals surface area contributed by atoms with Gasteiger partial charge in [-0.2, -0.15) is 0 Å². The topological polar surface area (TPSA) is 36.8 Å². The van der Waals surface area contributed by atoms with Crippen LogP contribution in [0.1, 0.15) is 19.4 Å². The fourth-order valence-corrected chi connectivity index (χ4v) is 2.81. The van der Waals surface area contributed by atoms with Gasteiger partial charge >= 0.3 is 0 Å². The minimum atomic E-state index is -1.60. The molecule has 146 valence electrons. The highest BCUT2D eigenvalue weighted by atomic mass is 19.2. The first-order valence-electron chi connectivity index (χ1n) is 8.79. The average molecular weight is 380 g/mol. The van der Waals surface area contributed by atoms with E-state index in [-0.39, 0.29) is 5.69 Å². The number of carbonyl (C=O) groups is 1. The highest BCUT2D eigenvalue weighted by Crippen LogP contribution is 2.19. The lowest BCUT2D eigenvalue weighted by atomic mass is 10.1. The SMILES string of the molecule is CC[NH+](Cc1ccc(N(C)C)cc1)[C@@H](C)C(=O)Nc1ccc(F)c(F)c1F. The first-order valence-corrected chi connectivity index (χ1v) is 8.79. The van der Waals surface area contributed by atoms with Crippen LogP contribution in [0.3, 0.4) is 0 Å². The van der Waals surface area contributed by atoms with Crippen LogP contribution in [0.4, 0.5) is 24.5 Å². The number of nitrogens with one attached hydrogen (secondary N) is 2. The number of benzene rings is 2. The number of quaternary nitrogens is 1. The van der Waals surface area contributed by atoms with Crippen LogP contribution in [0.15, 0.2) is 36.4 Å². The predicted molar refractivity (Wildman–Crippen MR) is 100 cm³/mol. The van der Waals surface area contributed by atoms with E-state index in [1.165, 1.54) is 0 Å². The van der Waals surface area contributed by atoms with E-state index in [4.69, 9.17) is 0 Å². The molecule has 0 spiro atoms. The fourth-order valence-electron chi connectivity index (χ4n) is 2.81. The molecule has 2 rings (SSSR count). The summed E-state index contributed by atoms with van der Waals surface area (Å²) in [6, 6.07) is 9.32. The maximum absolute atomic E-state index is 13.8. The van der Waals surface area contributed by atoms with Gasteiger partial charge in [0.15, 0.2) is 23.5 Å². The molecule has 2 aromatic rings. The molecule has 1 amide bonds. The Bertz CT molecular complexity index is 794. The zero-order valence-corrected chi connectivity index (χ0v) is 15.9. The summed E-state index contributed by atoms with van der Waals surface area (Å²) >= 11 is 0. The summed E-state index contributed by atoms with van der Waals surface area (Å²) in [5, 5.41) is 2.35. The van der Waals surface area contributed by atoms with Gasteiger partial charge in [0.05, 0.1) is 12.2 Å². The molecule has 0 aliphatic carbocycles. The van der Waals surface area contributed by atoms with Crippen LogP contribution in [-0.4, -0.2) is 32.6 Å². The van der Waals surface area contributed by atoms with Crippen molar-refractivity contribution >= 4 is 17.3 Å². The van der Waals surface area contributed by atoms with E-state index in [9.17, 15) is 18.0 Å². The molecule has 0 aliphatic heterocycles. The van der Waals surface area contributed by atoms with Gasteiger partial charge in [-0.05, 0) is 38.1 Å². The van der Waals surface area contributed by atoms with E-state index in [2.05, 4.69) is 5.32 Å². The summed E-state index contributed by atoms with van der Waals surface area (Å²) in [6.07, 6.45) is 0. The average Bonchev–Trinajstić information content (AvgIpc) is 2.66. The third-order valence-corrected chi connectivity index (χ3v) is 4.64. The molecule has 0 saturated carbocycles. The van der Waals surface area contributed by atoms with Crippen LogP contribution in [0.2, 0.25) is 0 Å². The zero-order valence-electron chi connectivity index (χ0n) is 15.9. The summed E-state index contributed by atoms with van der Waals surface area (Å²) < 4.78 is 40.1. The minimum Gasteiger partial charge on any atom is -0.378 e. The maximum atomic E-state index is 13.8. The number of nitrogens with zero attached hydrogens (tertiary/aromatic N) is 1. The molecule has 2 atom stereocenters. The molecule has 0 fully saturated rings. The van der Waals surface area contributed by atoms with E-state index >= 15 is 0 Å². The molecule has 0 radical (unpaired) electrons. The van der Waals surface area contributed by atoms with Crippen LogP contribution in [0.25, 0.3) is 0 Å². The summed E-state index contributed by atoms with van der Waals surface area (Å²) in [5.74, 6) is -4.74. The van der Waals surface area contributed by atoms with Crippen molar-refractivity contribution in [2.24, 2.45) is 0 Å². The predicted octanol–water partition coefficient (Wildman–Crippen LogP) is 2.60. The number of halogens is 3. The number of hydrogen-bond donors (Lipinski definition) is 2. The maximum Gasteiger partial charge on any atom is 0.282 e. The molecular formula is C20H25F3N3O+. The minimum absolute atomic E-state index is 0.364. The number of anilines is 2. The monoisotopic (exact) mass is 380 g/mol. The molecule has 27 heavy (non-hydrogen) atoms. The molecule has 0 aromatic heterocycles. The molecular weight excluding hydrogens is 355 g/mol. The molecule has 0 aliphatic rings. The normalized spacial score (nSPS) is 13.1. The second-order valence-corrected chi connectivity index (χ2v) is 6.68. The summed E-state index contributed by atoms with van der Waals surface area (Å²) in [6.45, 7) is 4.95. The lowest BCUT2D eigenvalue weighted by Gasteiger charge is -2.24. The lowest BCUT2D eigenvalue weighted by Crippen LogP contribution is -3.15. The molecule has 0 heterocycles. The quantitative estimate of drug-likeness (QED) is 0.725. The van der Waals surface area contributed by atoms with Crippen molar-refractivity contribution in [1.29, 1.82) is 0 Å². The highest BCUT2D eigenvalue weighted by molar-refractivity contribution is 5.93. The van der Waals surface area contributed by atoms with Crippen LogP contribution in [0.5, 0.6) is 0 Å². The molecule has 2 N–H and O–H groups in total. The summed E-state index contributed by atoms with van der Waals surface area (Å²) in [7, 11) is 3.92. The molecule has 4 nitrogen and oxygen atoms in total. The van der Waals surface area contributed by atoms with Crippen molar-refractivity contribution in [3.8, 4) is 0 Å². The molecule has 0 bridgehead atoms.